The number of nitrogens with one attached hydrogen (secondary N) is 1. The number of anilines is 1. The van der Waals surface area contributed by atoms with Crippen LogP contribution in [0.3, 0.4) is 0 Å². The fourth-order valence-corrected chi connectivity index (χ4v) is 3.87. The molecule has 20 heavy (non-hydrogen) atoms. The number of aromatic nitrogens is 2. The summed E-state index contributed by atoms with van der Waals surface area (Å²) in [7, 11) is 2.28. The standard InChI is InChI=1S/C15H23ClN4/c1-9-14(16)17-10(2)18-15(9)19-11-7-12-5-4-6-13(8-11)20(12)3/h11-13H,4-8H2,1-3H3,(H,17,18,19). The van der Waals surface area contributed by atoms with Crippen molar-refractivity contribution in [1.29, 1.82) is 0 Å². The first-order valence-corrected chi connectivity index (χ1v) is 7.91. The molecule has 2 unspecified atom stereocenters. The lowest BCUT2D eigenvalue weighted by molar-refractivity contribution is 0.0607. The number of fused-ring (bicyclic) bond motifs is 2. The van der Waals surface area contributed by atoms with Crippen molar-refractivity contribution in [2.24, 2.45) is 0 Å². The summed E-state index contributed by atoms with van der Waals surface area (Å²) in [4.78, 5) is 11.3. The van der Waals surface area contributed by atoms with Gasteiger partial charge in [-0.25, -0.2) is 9.97 Å². The first-order chi connectivity index (χ1) is 9.54. The number of aryl methyl sites for hydroxylation is 1. The number of piperidine rings is 2. The molecule has 1 aromatic heterocycles. The highest BCUT2D eigenvalue weighted by atomic mass is 35.5. The topological polar surface area (TPSA) is 41.1 Å². The van der Waals surface area contributed by atoms with E-state index in [2.05, 4.69) is 27.2 Å². The summed E-state index contributed by atoms with van der Waals surface area (Å²) in [5.41, 5.74) is 0.960. The Kier molecular flexibility index (Phi) is 3.87. The Labute approximate surface area is 125 Å². The summed E-state index contributed by atoms with van der Waals surface area (Å²) in [6.45, 7) is 3.87. The number of hydrogen-bond donors (Lipinski definition) is 1. The van der Waals surface area contributed by atoms with Gasteiger partial charge in [0.25, 0.3) is 0 Å². The lowest BCUT2D eigenvalue weighted by Crippen LogP contribution is -2.52. The number of nitrogens with zero attached hydrogens (tertiary/aromatic N) is 3. The second kappa shape index (κ2) is 5.49. The maximum atomic E-state index is 6.16. The van der Waals surface area contributed by atoms with E-state index in [4.69, 9.17) is 11.6 Å². The van der Waals surface area contributed by atoms with Crippen molar-refractivity contribution in [3.63, 3.8) is 0 Å². The molecule has 2 atom stereocenters. The summed E-state index contributed by atoms with van der Waals surface area (Å²) in [5, 5.41) is 4.18. The molecule has 3 rings (SSSR count). The van der Waals surface area contributed by atoms with Crippen LogP contribution in [0.2, 0.25) is 5.15 Å². The number of halogens is 1. The van der Waals surface area contributed by atoms with Gasteiger partial charge < -0.3 is 10.2 Å². The van der Waals surface area contributed by atoms with Gasteiger partial charge in [0, 0.05) is 23.7 Å². The Morgan fingerprint density at radius 3 is 2.45 bits per heavy atom. The molecule has 2 aliphatic heterocycles. The van der Waals surface area contributed by atoms with Gasteiger partial charge in [-0.2, -0.15) is 0 Å². The minimum atomic E-state index is 0.505. The van der Waals surface area contributed by atoms with E-state index in [0.717, 1.165) is 29.3 Å². The van der Waals surface area contributed by atoms with Gasteiger partial charge in [-0.15, -0.1) is 0 Å². The van der Waals surface area contributed by atoms with Crippen molar-refractivity contribution in [2.45, 2.75) is 64.1 Å². The second-order valence-electron chi connectivity index (χ2n) is 6.25. The Balaban J connectivity index is 1.76. The fourth-order valence-electron chi connectivity index (χ4n) is 3.66. The minimum absolute atomic E-state index is 0.505. The van der Waals surface area contributed by atoms with Gasteiger partial charge >= 0.3 is 0 Å². The molecule has 0 radical (unpaired) electrons. The molecule has 2 aliphatic rings. The van der Waals surface area contributed by atoms with Gasteiger partial charge in [-0.05, 0) is 46.6 Å². The third-order valence-electron chi connectivity index (χ3n) is 4.88. The highest BCUT2D eigenvalue weighted by Gasteiger charge is 2.36. The Hall–Kier alpha value is -0.870. The molecule has 1 N–H and O–H groups in total. The van der Waals surface area contributed by atoms with Crippen LogP contribution in [0, 0.1) is 13.8 Å². The SMILES string of the molecule is Cc1nc(Cl)c(C)c(NC2CC3CCCC(C2)N3C)n1. The van der Waals surface area contributed by atoms with Crippen LogP contribution in [0.25, 0.3) is 0 Å². The molecule has 4 nitrogen and oxygen atoms in total. The van der Waals surface area contributed by atoms with Crippen LogP contribution in [0.15, 0.2) is 0 Å². The van der Waals surface area contributed by atoms with E-state index >= 15 is 0 Å². The van der Waals surface area contributed by atoms with Crippen LogP contribution in [0.4, 0.5) is 5.82 Å². The van der Waals surface area contributed by atoms with Gasteiger partial charge in [0.2, 0.25) is 0 Å². The lowest BCUT2D eigenvalue weighted by atomic mass is 9.82. The van der Waals surface area contributed by atoms with Crippen LogP contribution in [-0.2, 0) is 0 Å². The van der Waals surface area contributed by atoms with Crippen molar-refractivity contribution in [3.05, 3.63) is 16.5 Å². The Bertz CT molecular complexity index is 491. The molecule has 2 bridgehead atoms. The van der Waals surface area contributed by atoms with Crippen LogP contribution in [0.1, 0.15) is 43.5 Å². The molecule has 0 spiro atoms. The van der Waals surface area contributed by atoms with E-state index in [9.17, 15) is 0 Å². The maximum Gasteiger partial charge on any atom is 0.137 e. The second-order valence-corrected chi connectivity index (χ2v) is 6.61. The molecular weight excluding hydrogens is 272 g/mol. The van der Waals surface area contributed by atoms with Crippen molar-refractivity contribution in [1.82, 2.24) is 14.9 Å². The zero-order valence-electron chi connectivity index (χ0n) is 12.5. The van der Waals surface area contributed by atoms with E-state index in [-0.39, 0.29) is 0 Å². The summed E-state index contributed by atoms with van der Waals surface area (Å²) >= 11 is 6.16. The van der Waals surface area contributed by atoms with Crippen LogP contribution in [0.5, 0.6) is 0 Å². The van der Waals surface area contributed by atoms with Gasteiger partial charge in [0.15, 0.2) is 0 Å². The highest BCUT2D eigenvalue weighted by molar-refractivity contribution is 6.30. The minimum Gasteiger partial charge on any atom is -0.367 e. The van der Waals surface area contributed by atoms with Crippen molar-refractivity contribution in [2.75, 3.05) is 12.4 Å². The third-order valence-corrected chi connectivity index (χ3v) is 5.25. The predicted molar refractivity (Wildman–Crippen MR) is 82.4 cm³/mol. The highest BCUT2D eigenvalue weighted by Crippen LogP contribution is 2.34. The molecule has 0 amide bonds. The molecule has 3 heterocycles. The quantitative estimate of drug-likeness (QED) is 0.851. The van der Waals surface area contributed by atoms with Crippen molar-refractivity contribution >= 4 is 17.4 Å². The lowest BCUT2D eigenvalue weighted by Gasteiger charge is -2.47. The van der Waals surface area contributed by atoms with E-state index in [0.29, 0.717) is 11.2 Å². The Morgan fingerprint density at radius 1 is 1.15 bits per heavy atom. The van der Waals surface area contributed by atoms with Crippen LogP contribution in [-0.4, -0.2) is 40.0 Å². The molecule has 2 saturated heterocycles. The zero-order chi connectivity index (χ0) is 14.3. The molecule has 1 aromatic rings. The largest absolute Gasteiger partial charge is 0.367 e. The molecule has 0 aliphatic carbocycles. The number of rotatable bonds is 2. The van der Waals surface area contributed by atoms with Crippen molar-refractivity contribution in [3.8, 4) is 0 Å². The molecule has 110 valence electrons. The zero-order valence-corrected chi connectivity index (χ0v) is 13.2. The van der Waals surface area contributed by atoms with Gasteiger partial charge in [0.1, 0.15) is 16.8 Å². The van der Waals surface area contributed by atoms with E-state index in [1.807, 2.05) is 13.8 Å². The fraction of sp³-hybridized carbons (Fsp3) is 0.733. The number of hydrogen-bond acceptors (Lipinski definition) is 4. The van der Waals surface area contributed by atoms with E-state index in [1.54, 1.807) is 0 Å². The van der Waals surface area contributed by atoms with Gasteiger partial charge in [-0.3, -0.25) is 0 Å². The average Bonchev–Trinajstić information content (AvgIpc) is 2.36. The third kappa shape index (κ3) is 2.63. The first-order valence-electron chi connectivity index (χ1n) is 7.54. The smallest absolute Gasteiger partial charge is 0.137 e. The van der Waals surface area contributed by atoms with E-state index in [1.165, 1.54) is 32.1 Å². The molecule has 0 saturated carbocycles. The molecule has 0 aromatic carbocycles. The Morgan fingerprint density at radius 2 is 1.80 bits per heavy atom. The maximum absolute atomic E-state index is 6.16. The first kappa shape index (κ1) is 14.1. The normalized spacial score (nSPS) is 30.3. The predicted octanol–water partition coefficient (Wildman–Crippen LogP) is 3.17. The molecule has 5 heteroatoms. The average molecular weight is 295 g/mol. The monoisotopic (exact) mass is 294 g/mol. The summed E-state index contributed by atoms with van der Waals surface area (Å²) in [6.07, 6.45) is 6.44. The van der Waals surface area contributed by atoms with Gasteiger partial charge in [0.05, 0.1) is 0 Å². The summed E-state index contributed by atoms with van der Waals surface area (Å²) < 4.78 is 0. The van der Waals surface area contributed by atoms with Crippen LogP contribution < -0.4 is 5.32 Å². The molecule has 2 fully saturated rings. The molecular formula is C15H23ClN4. The van der Waals surface area contributed by atoms with Gasteiger partial charge in [-0.1, -0.05) is 18.0 Å². The van der Waals surface area contributed by atoms with Crippen LogP contribution >= 0.6 is 11.6 Å². The summed E-state index contributed by atoms with van der Waals surface area (Å²) in [5.74, 6) is 1.64. The van der Waals surface area contributed by atoms with E-state index < -0.39 is 0 Å². The van der Waals surface area contributed by atoms with Crippen molar-refractivity contribution < 1.29 is 0 Å². The summed E-state index contributed by atoms with van der Waals surface area (Å²) in [6, 6.07) is 1.95.